The lowest BCUT2D eigenvalue weighted by molar-refractivity contribution is -0.124. The van der Waals surface area contributed by atoms with Crippen molar-refractivity contribution in [2.45, 2.75) is 71.6 Å². The molecular weight excluding hydrogens is 244 g/mol. The monoisotopic (exact) mass is 270 g/mol. The molecule has 1 aliphatic carbocycles. The van der Waals surface area contributed by atoms with Crippen molar-refractivity contribution in [2.24, 2.45) is 5.92 Å². The summed E-state index contributed by atoms with van der Waals surface area (Å²) in [6.45, 7) is 9.35. The van der Waals surface area contributed by atoms with Crippen molar-refractivity contribution in [3.05, 3.63) is 0 Å². The van der Waals surface area contributed by atoms with E-state index >= 15 is 0 Å². The highest BCUT2D eigenvalue weighted by molar-refractivity contribution is 5.86. The predicted molar refractivity (Wildman–Crippen MR) is 73.8 cm³/mol. The molecule has 0 aromatic carbocycles. The molecule has 2 N–H and O–H groups in total. The van der Waals surface area contributed by atoms with Gasteiger partial charge in [-0.05, 0) is 39.5 Å². The van der Waals surface area contributed by atoms with Gasteiger partial charge < -0.3 is 15.4 Å². The van der Waals surface area contributed by atoms with Crippen LogP contribution in [0.25, 0.3) is 0 Å². The highest BCUT2D eigenvalue weighted by Gasteiger charge is 2.32. The lowest BCUT2D eigenvalue weighted by Gasteiger charge is -2.26. The van der Waals surface area contributed by atoms with E-state index in [1.165, 1.54) is 0 Å². The fourth-order valence-electron chi connectivity index (χ4n) is 1.66. The van der Waals surface area contributed by atoms with Gasteiger partial charge in [-0.1, -0.05) is 20.3 Å². The number of hydrogen-bond acceptors (Lipinski definition) is 3. The number of alkyl carbamates (subject to hydrolysis) is 1. The summed E-state index contributed by atoms with van der Waals surface area (Å²) in [6.07, 6.45) is 2.35. The molecule has 1 saturated carbocycles. The summed E-state index contributed by atoms with van der Waals surface area (Å²) in [5.41, 5.74) is -0.558. The van der Waals surface area contributed by atoms with E-state index in [0.717, 1.165) is 19.3 Å². The minimum absolute atomic E-state index is 0.0752. The molecular formula is C14H26N2O3. The molecule has 5 nitrogen and oxygen atoms in total. The van der Waals surface area contributed by atoms with Gasteiger partial charge in [-0.15, -0.1) is 0 Å². The zero-order valence-electron chi connectivity index (χ0n) is 12.6. The van der Waals surface area contributed by atoms with Gasteiger partial charge in [0.15, 0.2) is 0 Å². The van der Waals surface area contributed by atoms with Crippen LogP contribution in [0.5, 0.6) is 0 Å². The van der Waals surface area contributed by atoms with Crippen molar-refractivity contribution in [3.8, 4) is 0 Å². The molecule has 2 amide bonds. The molecule has 1 aliphatic rings. The molecule has 0 spiro atoms. The number of amides is 2. The van der Waals surface area contributed by atoms with Crippen molar-refractivity contribution in [3.63, 3.8) is 0 Å². The molecule has 5 heteroatoms. The SMILES string of the molecule is CCC(C)[C@H](NC(=O)OC(C)(C)C)C(=O)NC1CC1. The number of hydrogen-bond donors (Lipinski definition) is 2. The third-order valence-electron chi connectivity index (χ3n) is 3.09. The second-order valence-electron chi connectivity index (χ2n) is 6.29. The van der Waals surface area contributed by atoms with Crippen LogP contribution in [-0.2, 0) is 9.53 Å². The van der Waals surface area contributed by atoms with E-state index in [4.69, 9.17) is 4.74 Å². The molecule has 110 valence electrons. The van der Waals surface area contributed by atoms with Crippen LogP contribution in [0.15, 0.2) is 0 Å². The second kappa shape index (κ2) is 6.26. The zero-order valence-corrected chi connectivity index (χ0v) is 12.6. The minimum Gasteiger partial charge on any atom is -0.444 e. The normalized spacial score (nSPS) is 18.4. The Balaban J connectivity index is 2.57. The molecule has 0 heterocycles. The quantitative estimate of drug-likeness (QED) is 0.805. The van der Waals surface area contributed by atoms with Gasteiger partial charge in [-0.25, -0.2) is 4.79 Å². The maximum absolute atomic E-state index is 12.1. The minimum atomic E-state index is -0.558. The maximum Gasteiger partial charge on any atom is 0.408 e. The molecule has 0 radical (unpaired) electrons. The van der Waals surface area contributed by atoms with E-state index in [1.807, 2.05) is 13.8 Å². The third kappa shape index (κ3) is 5.94. The van der Waals surface area contributed by atoms with Crippen LogP contribution < -0.4 is 10.6 Å². The highest BCUT2D eigenvalue weighted by Crippen LogP contribution is 2.20. The molecule has 0 aromatic heterocycles. The molecule has 19 heavy (non-hydrogen) atoms. The van der Waals surface area contributed by atoms with Gasteiger partial charge in [0, 0.05) is 6.04 Å². The Hall–Kier alpha value is -1.26. The summed E-state index contributed by atoms with van der Waals surface area (Å²) in [4.78, 5) is 23.9. The van der Waals surface area contributed by atoms with Gasteiger partial charge in [0.1, 0.15) is 11.6 Å². The van der Waals surface area contributed by atoms with E-state index in [9.17, 15) is 9.59 Å². The van der Waals surface area contributed by atoms with Gasteiger partial charge >= 0.3 is 6.09 Å². The van der Waals surface area contributed by atoms with Crippen LogP contribution in [0.1, 0.15) is 53.9 Å². The Bertz CT molecular complexity index is 332. The first-order valence-corrected chi connectivity index (χ1v) is 7.03. The summed E-state index contributed by atoms with van der Waals surface area (Å²) in [5, 5.41) is 5.61. The van der Waals surface area contributed by atoms with Crippen LogP contribution in [0.3, 0.4) is 0 Å². The van der Waals surface area contributed by atoms with Crippen LogP contribution >= 0.6 is 0 Å². The smallest absolute Gasteiger partial charge is 0.408 e. The van der Waals surface area contributed by atoms with Gasteiger partial charge in [0.2, 0.25) is 5.91 Å². The second-order valence-corrected chi connectivity index (χ2v) is 6.29. The maximum atomic E-state index is 12.1. The molecule has 2 atom stereocenters. The summed E-state index contributed by atoms with van der Waals surface area (Å²) in [6, 6.07) is -0.236. The summed E-state index contributed by atoms with van der Waals surface area (Å²) < 4.78 is 5.20. The van der Waals surface area contributed by atoms with E-state index in [2.05, 4.69) is 10.6 Å². The fourth-order valence-corrected chi connectivity index (χ4v) is 1.66. The summed E-state index contributed by atoms with van der Waals surface area (Å²) >= 11 is 0. The average Bonchev–Trinajstić information content (AvgIpc) is 3.06. The van der Waals surface area contributed by atoms with Gasteiger partial charge in [-0.2, -0.15) is 0 Å². The largest absolute Gasteiger partial charge is 0.444 e. The standard InChI is InChI=1S/C14H26N2O3/c1-6-9(2)11(12(17)15-10-7-8-10)16-13(18)19-14(3,4)5/h9-11H,6-8H2,1-5H3,(H,15,17)(H,16,18)/t9?,11-/m0/s1. The number of ether oxygens (including phenoxy) is 1. The third-order valence-corrected chi connectivity index (χ3v) is 3.09. The Labute approximate surface area is 115 Å². The zero-order chi connectivity index (χ0) is 14.6. The fraction of sp³-hybridized carbons (Fsp3) is 0.857. The summed E-state index contributed by atoms with van der Waals surface area (Å²) in [7, 11) is 0. The Kier molecular flexibility index (Phi) is 5.20. The first-order valence-electron chi connectivity index (χ1n) is 7.03. The average molecular weight is 270 g/mol. The number of nitrogens with one attached hydrogen (secondary N) is 2. The Morgan fingerprint density at radius 3 is 2.32 bits per heavy atom. The van der Waals surface area contributed by atoms with E-state index in [0.29, 0.717) is 6.04 Å². The summed E-state index contributed by atoms with van der Waals surface area (Å²) in [5.74, 6) is -0.0334. The Morgan fingerprint density at radius 1 is 1.32 bits per heavy atom. The molecule has 1 unspecified atom stereocenters. The molecule has 0 aromatic rings. The van der Waals surface area contributed by atoms with Gasteiger partial charge in [-0.3, -0.25) is 4.79 Å². The predicted octanol–water partition coefficient (Wildman–Crippen LogP) is 2.20. The van der Waals surface area contributed by atoms with Crippen molar-refractivity contribution < 1.29 is 14.3 Å². The van der Waals surface area contributed by atoms with Crippen molar-refractivity contribution in [1.29, 1.82) is 0 Å². The van der Waals surface area contributed by atoms with Crippen molar-refractivity contribution >= 4 is 12.0 Å². The number of carbonyl (C=O) groups excluding carboxylic acids is 2. The lowest BCUT2D eigenvalue weighted by atomic mass is 9.98. The molecule has 0 saturated heterocycles. The van der Waals surface area contributed by atoms with Crippen LogP contribution in [-0.4, -0.2) is 29.7 Å². The number of carbonyl (C=O) groups is 2. The van der Waals surface area contributed by atoms with Crippen LogP contribution in [0, 0.1) is 5.92 Å². The Morgan fingerprint density at radius 2 is 1.89 bits per heavy atom. The van der Waals surface area contributed by atoms with E-state index in [-0.39, 0.29) is 11.8 Å². The number of rotatable bonds is 5. The first-order chi connectivity index (χ1) is 8.73. The van der Waals surface area contributed by atoms with Crippen molar-refractivity contribution in [1.82, 2.24) is 10.6 Å². The van der Waals surface area contributed by atoms with Crippen LogP contribution in [0.2, 0.25) is 0 Å². The molecule has 0 aliphatic heterocycles. The van der Waals surface area contributed by atoms with Crippen molar-refractivity contribution in [2.75, 3.05) is 0 Å². The van der Waals surface area contributed by atoms with Crippen LogP contribution in [0.4, 0.5) is 4.79 Å². The van der Waals surface area contributed by atoms with Gasteiger partial charge in [0.25, 0.3) is 0 Å². The van der Waals surface area contributed by atoms with E-state index in [1.54, 1.807) is 20.8 Å². The molecule has 1 rings (SSSR count). The van der Waals surface area contributed by atoms with E-state index < -0.39 is 17.7 Å². The molecule has 1 fully saturated rings. The first kappa shape index (κ1) is 15.8. The van der Waals surface area contributed by atoms with Gasteiger partial charge in [0.05, 0.1) is 0 Å². The lowest BCUT2D eigenvalue weighted by Crippen LogP contribution is -2.51. The topological polar surface area (TPSA) is 67.4 Å². The highest BCUT2D eigenvalue weighted by atomic mass is 16.6. The molecule has 0 bridgehead atoms.